The van der Waals surface area contributed by atoms with E-state index in [0.717, 1.165) is 16.9 Å². The van der Waals surface area contributed by atoms with Crippen LogP contribution in [0.1, 0.15) is 22.1 Å². The van der Waals surface area contributed by atoms with Gasteiger partial charge in [-0.25, -0.2) is 19.3 Å². The van der Waals surface area contributed by atoms with Crippen LogP contribution in [0, 0.1) is 19.7 Å². The molecular weight excluding hydrogens is 423 g/mol. The van der Waals surface area contributed by atoms with Crippen molar-refractivity contribution in [1.29, 1.82) is 0 Å². The minimum absolute atomic E-state index is 0.317. The van der Waals surface area contributed by atoms with Crippen molar-refractivity contribution >= 4 is 17.8 Å². The third-order valence-corrected chi connectivity index (χ3v) is 4.85. The van der Waals surface area contributed by atoms with Gasteiger partial charge in [-0.05, 0) is 37.3 Å². The number of pyridine rings is 1. The summed E-state index contributed by atoms with van der Waals surface area (Å²) < 4.78 is 20.8. The average molecular weight is 444 g/mol. The van der Waals surface area contributed by atoms with E-state index in [9.17, 15) is 9.18 Å². The van der Waals surface area contributed by atoms with Crippen LogP contribution in [0.4, 0.5) is 10.1 Å². The van der Waals surface area contributed by atoms with Gasteiger partial charge in [0.1, 0.15) is 5.82 Å². The molecule has 8 nitrogen and oxygen atoms in total. The Balaban J connectivity index is 0.000000243. The highest BCUT2D eigenvalue weighted by molar-refractivity contribution is 5.71. The maximum atomic E-state index is 14.2. The number of imidazole rings is 1. The quantitative estimate of drug-likeness (QED) is 0.400. The Morgan fingerprint density at radius 3 is 2.55 bits per heavy atom. The first-order valence-electron chi connectivity index (χ1n) is 10.1. The number of benzene rings is 1. The lowest BCUT2D eigenvalue weighted by atomic mass is 10.1. The summed E-state index contributed by atoms with van der Waals surface area (Å²) >= 11 is 0. The molecule has 0 aliphatic carbocycles. The first-order valence-corrected chi connectivity index (χ1v) is 10.1. The summed E-state index contributed by atoms with van der Waals surface area (Å²) in [5.74, 6) is 1.06. The second kappa shape index (κ2) is 9.39. The number of oxazole rings is 1. The van der Waals surface area contributed by atoms with E-state index in [-0.39, 0.29) is 5.82 Å². The van der Waals surface area contributed by atoms with Crippen molar-refractivity contribution in [2.75, 3.05) is 12.4 Å². The van der Waals surface area contributed by atoms with E-state index >= 15 is 0 Å². The zero-order valence-corrected chi connectivity index (χ0v) is 18.3. The Morgan fingerprint density at radius 2 is 1.91 bits per heavy atom. The van der Waals surface area contributed by atoms with Crippen molar-refractivity contribution in [3.8, 4) is 22.5 Å². The monoisotopic (exact) mass is 444 g/mol. The van der Waals surface area contributed by atoms with Crippen molar-refractivity contribution in [1.82, 2.24) is 24.3 Å². The molecule has 0 saturated carbocycles. The molecule has 0 fully saturated rings. The number of rotatable bonds is 4. The molecule has 9 heteroatoms. The van der Waals surface area contributed by atoms with Crippen LogP contribution in [0.2, 0.25) is 0 Å². The summed E-state index contributed by atoms with van der Waals surface area (Å²) in [5, 5.41) is 3.00. The summed E-state index contributed by atoms with van der Waals surface area (Å²) in [4.78, 5) is 27.1. The summed E-state index contributed by atoms with van der Waals surface area (Å²) in [6.45, 7) is 3.44. The number of hydrogen-bond acceptors (Lipinski definition) is 7. The van der Waals surface area contributed by atoms with Gasteiger partial charge in [-0.1, -0.05) is 6.07 Å². The van der Waals surface area contributed by atoms with E-state index in [0.29, 0.717) is 40.7 Å². The van der Waals surface area contributed by atoms with Gasteiger partial charge in [0.25, 0.3) is 0 Å². The van der Waals surface area contributed by atoms with E-state index in [1.807, 2.05) is 24.4 Å². The third-order valence-electron chi connectivity index (χ3n) is 4.85. The topological polar surface area (TPSA) is 98.2 Å². The van der Waals surface area contributed by atoms with Crippen LogP contribution in [0.5, 0.6) is 0 Å². The number of carbonyl (C=O) groups is 1. The maximum Gasteiger partial charge on any atom is 0.234 e. The van der Waals surface area contributed by atoms with Crippen LogP contribution in [0.15, 0.2) is 65.6 Å². The second-order valence-electron chi connectivity index (χ2n) is 7.14. The molecule has 4 heterocycles. The number of aryl methyl sites for hydroxylation is 2. The Morgan fingerprint density at radius 1 is 1.06 bits per heavy atom. The fourth-order valence-corrected chi connectivity index (χ4v) is 3.21. The molecule has 0 atom stereocenters. The Bertz CT molecular complexity index is 1410. The van der Waals surface area contributed by atoms with E-state index in [4.69, 9.17) is 4.42 Å². The summed E-state index contributed by atoms with van der Waals surface area (Å²) in [6.07, 6.45) is 7.77. The zero-order valence-electron chi connectivity index (χ0n) is 18.3. The first kappa shape index (κ1) is 21.8. The fourth-order valence-electron chi connectivity index (χ4n) is 3.21. The summed E-state index contributed by atoms with van der Waals surface area (Å²) in [6, 6.07) is 10.5. The molecule has 5 aromatic rings. The van der Waals surface area contributed by atoms with Gasteiger partial charge in [-0.2, -0.15) is 0 Å². The number of anilines is 1. The number of aromatic nitrogens is 5. The Hall–Kier alpha value is -4.40. The standard InChI is InChI=1S/C18H14FN5.C6H7NO2/c1-20-13-5-6-15(19)14(8-13)17-11-24-10-12(9-22-18(24)23-17)16-4-2-3-7-21-16;1-4-6(3-8)9-5(2)7-4/h2-11,20H,1H3;3H,1-2H3. The number of halogens is 1. The molecule has 166 valence electrons. The number of nitrogens with one attached hydrogen (secondary N) is 1. The second-order valence-corrected chi connectivity index (χ2v) is 7.14. The Labute approximate surface area is 189 Å². The van der Waals surface area contributed by atoms with Crippen LogP contribution in [-0.2, 0) is 0 Å². The van der Waals surface area contributed by atoms with Crippen LogP contribution >= 0.6 is 0 Å². The number of carbonyl (C=O) groups excluding carboxylic acids is 1. The normalized spacial score (nSPS) is 10.5. The molecule has 0 unspecified atom stereocenters. The van der Waals surface area contributed by atoms with Crippen molar-refractivity contribution in [2.24, 2.45) is 0 Å². The molecule has 0 aliphatic rings. The smallest absolute Gasteiger partial charge is 0.234 e. The van der Waals surface area contributed by atoms with Gasteiger partial charge in [0.2, 0.25) is 5.78 Å². The third kappa shape index (κ3) is 4.77. The number of fused-ring (bicyclic) bond motifs is 1. The van der Waals surface area contributed by atoms with Crippen LogP contribution in [0.25, 0.3) is 28.3 Å². The largest absolute Gasteiger partial charge is 0.438 e. The fraction of sp³-hybridized carbons (Fsp3) is 0.125. The minimum Gasteiger partial charge on any atom is -0.438 e. The van der Waals surface area contributed by atoms with Crippen LogP contribution < -0.4 is 5.32 Å². The van der Waals surface area contributed by atoms with Gasteiger partial charge in [0, 0.05) is 55.6 Å². The molecule has 0 radical (unpaired) electrons. The molecule has 0 amide bonds. The lowest BCUT2D eigenvalue weighted by Gasteiger charge is -2.03. The first-order chi connectivity index (χ1) is 16.0. The highest BCUT2D eigenvalue weighted by atomic mass is 19.1. The predicted molar refractivity (Wildman–Crippen MR) is 123 cm³/mol. The van der Waals surface area contributed by atoms with Gasteiger partial charge < -0.3 is 9.73 Å². The van der Waals surface area contributed by atoms with E-state index in [2.05, 4.69) is 25.3 Å². The molecule has 0 bridgehead atoms. The van der Waals surface area contributed by atoms with Gasteiger partial charge in [0.05, 0.1) is 17.1 Å². The number of nitrogens with zero attached hydrogens (tertiary/aromatic N) is 5. The predicted octanol–water partition coefficient (Wildman–Crippen LogP) is 4.74. The molecule has 0 aliphatic heterocycles. The number of hydrogen-bond donors (Lipinski definition) is 1. The molecule has 5 rings (SSSR count). The van der Waals surface area contributed by atoms with Crippen molar-refractivity contribution in [3.05, 3.63) is 84.3 Å². The summed E-state index contributed by atoms with van der Waals surface area (Å²) in [7, 11) is 1.79. The summed E-state index contributed by atoms with van der Waals surface area (Å²) in [5.41, 5.74) is 4.15. The number of aldehydes is 1. The van der Waals surface area contributed by atoms with Crippen LogP contribution in [0.3, 0.4) is 0 Å². The SMILES string of the molecule is CNc1ccc(F)c(-c2cn3cc(-c4ccccn4)cnc3n2)c1.Cc1nc(C)c(C=O)o1. The molecule has 1 N–H and O–H groups in total. The van der Waals surface area contributed by atoms with Gasteiger partial charge in [-0.3, -0.25) is 14.2 Å². The van der Waals surface area contributed by atoms with Crippen molar-refractivity contribution in [3.63, 3.8) is 0 Å². The van der Waals surface area contributed by atoms with Crippen molar-refractivity contribution < 1.29 is 13.6 Å². The molecular formula is C24H21FN6O2. The van der Waals surface area contributed by atoms with Gasteiger partial charge in [0.15, 0.2) is 17.9 Å². The van der Waals surface area contributed by atoms with E-state index < -0.39 is 0 Å². The van der Waals surface area contributed by atoms with Gasteiger partial charge in [-0.15, -0.1) is 0 Å². The molecule has 0 saturated heterocycles. The lowest BCUT2D eigenvalue weighted by Crippen LogP contribution is -1.91. The highest BCUT2D eigenvalue weighted by Crippen LogP contribution is 2.26. The highest BCUT2D eigenvalue weighted by Gasteiger charge is 2.12. The molecule has 4 aromatic heterocycles. The lowest BCUT2D eigenvalue weighted by molar-refractivity contribution is 0.109. The zero-order chi connectivity index (χ0) is 23.4. The van der Waals surface area contributed by atoms with Gasteiger partial charge >= 0.3 is 0 Å². The molecule has 0 spiro atoms. The van der Waals surface area contributed by atoms with E-state index in [1.54, 1.807) is 56.0 Å². The Kier molecular flexibility index (Phi) is 6.21. The van der Waals surface area contributed by atoms with Crippen molar-refractivity contribution in [2.45, 2.75) is 13.8 Å². The van der Waals surface area contributed by atoms with Crippen LogP contribution in [-0.4, -0.2) is 37.7 Å². The maximum absolute atomic E-state index is 14.2. The average Bonchev–Trinajstić information content (AvgIpc) is 3.41. The minimum atomic E-state index is -0.317. The van der Waals surface area contributed by atoms with E-state index in [1.165, 1.54) is 6.07 Å². The molecule has 1 aromatic carbocycles. The molecule has 33 heavy (non-hydrogen) atoms.